The van der Waals surface area contributed by atoms with Crippen LogP contribution in [-0.2, 0) is 9.53 Å². The lowest BCUT2D eigenvalue weighted by Gasteiger charge is -2.31. The van der Waals surface area contributed by atoms with Crippen molar-refractivity contribution >= 4 is 34.3 Å². The van der Waals surface area contributed by atoms with Gasteiger partial charge >= 0.3 is 0 Å². The third kappa shape index (κ3) is 5.06. The number of hydrogen-bond acceptors (Lipinski definition) is 6. The van der Waals surface area contributed by atoms with E-state index in [0.29, 0.717) is 49.4 Å². The topological polar surface area (TPSA) is 73.2 Å². The van der Waals surface area contributed by atoms with Gasteiger partial charge in [0.2, 0.25) is 5.91 Å². The Kier molecular flexibility index (Phi) is 6.97. The molecule has 32 heavy (non-hydrogen) atoms. The van der Waals surface area contributed by atoms with Gasteiger partial charge in [0.05, 0.1) is 37.8 Å². The molecule has 1 aliphatic heterocycles. The van der Waals surface area contributed by atoms with Crippen molar-refractivity contribution in [2.75, 3.05) is 49.7 Å². The molecule has 1 amide bonds. The Balaban J connectivity index is 1.56. The van der Waals surface area contributed by atoms with E-state index in [2.05, 4.69) is 10.2 Å². The molecular weight excluding hydrogens is 408 g/mol. The monoisotopic (exact) mass is 436 g/mol. The third-order valence-corrected chi connectivity index (χ3v) is 5.11. The van der Waals surface area contributed by atoms with Gasteiger partial charge < -0.3 is 28.8 Å². The van der Waals surface area contributed by atoms with Crippen molar-refractivity contribution < 1.29 is 23.4 Å². The van der Waals surface area contributed by atoms with Crippen LogP contribution in [0.4, 0.5) is 11.4 Å². The normalized spacial score (nSPS) is 14.1. The van der Waals surface area contributed by atoms with Crippen molar-refractivity contribution in [1.29, 1.82) is 0 Å². The molecule has 1 aromatic heterocycles. The highest BCUT2D eigenvalue weighted by atomic mass is 16.5. The molecule has 0 spiro atoms. The van der Waals surface area contributed by atoms with Gasteiger partial charge in [0.25, 0.3) is 0 Å². The Morgan fingerprint density at radius 3 is 2.56 bits per heavy atom. The van der Waals surface area contributed by atoms with E-state index in [1.807, 2.05) is 56.3 Å². The second-order valence-corrected chi connectivity index (χ2v) is 7.29. The molecule has 1 N–H and O–H groups in total. The zero-order chi connectivity index (χ0) is 22.3. The van der Waals surface area contributed by atoms with Crippen molar-refractivity contribution in [1.82, 2.24) is 0 Å². The molecule has 0 saturated carbocycles. The minimum atomic E-state index is -0.284. The molecule has 7 heteroatoms. The lowest BCUT2D eigenvalue weighted by molar-refractivity contribution is -0.111. The fourth-order valence-electron chi connectivity index (χ4n) is 3.66. The molecule has 4 rings (SSSR count). The molecule has 168 valence electrons. The van der Waals surface area contributed by atoms with Crippen LogP contribution in [0.1, 0.15) is 19.6 Å². The van der Waals surface area contributed by atoms with Crippen molar-refractivity contribution in [2.45, 2.75) is 13.8 Å². The average molecular weight is 437 g/mol. The van der Waals surface area contributed by atoms with Gasteiger partial charge in [-0.2, -0.15) is 0 Å². The van der Waals surface area contributed by atoms with Crippen LogP contribution in [0.3, 0.4) is 0 Å². The molecule has 0 atom stereocenters. The lowest BCUT2D eigenvalue weighted by atomic mass is 10.2. The summed E-state index contributed by atoms with van der Waals surface area (Å²) in [6.45, 7) is 7.74. The summed E-state index contributed by atoms with van der Waals surface area (Å²) in [5, 5.41) is 3.90. The molecule has 2 heterocycles. The van der Waals surface area contributed by atoms with Gasteiger partial charge in [-0.25, -0.2) is 0 Å². The highest BCUT2D eigenvalue weighted by Gasteiger charge is 2.20. The molecule has 1 fully saturated rings. The Hall–Kier alpha value is -3.45. The van der Waals surface area contributed by atoms with Gasteiger partial charge in [0, 0.05) is 36.7 Å². The van der Waals surface area contributed by atoms with Crippen molar-refractivity contribution in [3.8, 4) is 11.5 Å². The molecule has 0 bridgehead atoms. The van der Waals surface area contributed by atoms with Crippen LogP contribution < -0.4 is 19.7 Å². The van der Waals surface area contributed by atoms with Crippen LogP contribution in [0.2, 0.25) is 0 Å². The maximum absolute atomic E-state index is 12.7. The van der Waals surface area contributed by atoms with Crippen molar-refractivity contribution in [3.63, 3.8) is 0 Å². The quantitative estimate of drug-likeness (QED) is 0.515. The van der Waals surface area contributed by atoms with Crippen molar-refractivity contribution in [2.24, 2.45) is 0 Å². The first-order valence-corrected chi connectivity index (χ1v) is 10.9. The van der Waals surface area contributed by atoms with Gasteiger partial charge in [-0.1, -0.05) is 18.2 Å². The standard InChI is InChI=1S/C25H28N2O5/c1-3-30-23-17-21(27-11-13-29-14-12-27)24(31-4-2)16-20(23)26-25(28)10-9-19-15-18-7-5-6-8-22(18)32-19/h5-10,15-17H,3-4,11-14H2,1-2H3,(H,26,28)/b10-9+. The van der Waals surface area contributed by atoms with E-state index in [-0.39, 0.29) is 5.91 Å². The first kappa shape index (κ1) is 21.8. The first-order valence-electron chi connectivity index (χ1n) is 10.9. The summed E-state index contributed by atoms with van der Waals surface area (Å²) >= 11 is 0. The summed E-state index contributed by atoms with van der Waals surface area (Å²) in [6, 6.07) is 13.4. The van der Waals surface area contributed by atoms with E-state index in [1.54, 1.807) is 6.08 Å². The Bertz CT molecular complexity index is 1070. The van der Waals surface area contributed by atoms with E-state index < -0.39 is 0 Å². The van der Waals surface area contributed by atoms with Crippen LogP contribution >= 0.6 is 0 Å². The van der Waals surface area contributed by atoms with E-state index in [4.69, 9.17) is 18.6 Å². The maximum atomic E-state index is 12.7. The first-order chi connectivity index (χ1) is 15.7. The Morgan fingerprint density at radius 2 is 1.81 bits per heavy atom. The fourth-order valence-corrected chi connectivity index (χ4v) is 3.66. The number of rotatable bonds is 8. The number of carbonyl (C=O) groups excluding carboxylic acids is 1. The molecule has 1 saturated heterocycles. The second kappa shape index (κ2) is 10.2. The van der Waals surface area contributed by atoms with Crippen LogP contribution in [0, 0.1) is 0 Å². The van der Waals surface area contributed by atoms with Gasteiger partial charge in [-0.05, 0) is 32.1 Å². The van der Waals surface area contributed by atoms with Crippen LogP contribution in [0.5, 0.6) is 11.5 Å². The Morgan fingerprint density at radius 1 is 1.06 bits per heavy atom. The van der Waals surface area contributed by atoms with Crippen molar-refractivity contribution in [3.05, 3.63) is 54.3 Å². The smallest absolute Gasteiger partial charge is 0.248 e. The van der Waals surface area contributed by atoms with Crippen LogP contribution in [0.15, 0.2) is 53.0 Å². The van der Waals surface area contributed by atoms with Gasteiger partial charge in [0.1, 0.15) is 22.8 Å². The molecule has 7 nitrogen and oxygen atoms in total. The summed E-state index contributed by atoms with van der Waals surface area (Å²) in [7, 11) is 0. The lowest BCUT2D eigenvalue weighted by Crippen LogP contribution is -2.36. The highest BCUT2D eigenvalue weighted by molar-refractivity contribution is 6.03. The molecule has 3 aromatic rings. The summed E-state index contributed by atoms with van der Waals surface area (Å²) in [4.78, 5) is 14.9. The summed E-state index contributed by atoms with van der Waals surface area (Å²) in [5.74, 6) is 1.63. The number of furan rings is 1. The Labute approximate surface area is 187 Å². The largest absolute Gasteiger partial charge is 0.492 e. The number of fused-ring (bicyclic) bond motifs is 1. The minimum Gasteiger partial charge on any atom is -0.492 e. The van der Waals surface area contributed by atoms with E-state index in [1.165, 1.54) is 6.08 Å². The van der Waals surface area contributed by atoms with E-state index in [0.717, 1.165) is 29.7 Å². The predicted molar refractivity (Wildman–Crippen MR) is 126 cm³/mol. The minimum absolute atomic E-state index is 0.284. The zero-order valence-electron chi connectivity index (χ0n) is 18.4. The second-order valence-electron chi connectivity index (χ2n) is 7.29. The summed E-state index contributed by atoms with van der Waals surface area (Å²) < 4.78 is 22.9. The number of amides is 1. The number of anilines is 2. The molecule has 0 unspecified atom stereocenters. The number of nitrogens with zero attached hydrogens (tertiary/aromatic N) is 1. The van der Waals surface area contributed by atoms with Crippen LogP contribution in [0.25, 0.3) is 17.0 Å². The predicted octanol–water partition coefficient (Wildman–Crippen LogP) is 4.72. The summed E-state index contributed by atoms with van der Waals surface area (Å²) in [6.07, 6.45) is 3.10. The zero-order valence-corrected chi connectivity index (χ0v) is 18.4. The number of hydrogen-bond donors (Lipinski definition) is 1. The number of ether oxygens (including phenoxy) is 3. The number of carbonyl (C=O) groups is 1. The highest BCUT2D eigenvalue weighted by Crippen LogP contribution is 2.39. The number of morpholine rings is 1. The number of nitrogens with one attached hydrogen (secondary N) is 1. The van der Waals surface area contributed by atoms with E-state index >= 15 is 0 Å². The molecule has 0 aliphatic carbocycles. The summed E-state index contributed by atoms with van der Waals surface area (Å²) in [5.41, 5.74) is 2.28. The number of benzene rings is 2. The van der Waals surface area contributed by atoms with Gasteiger partial charge in [-0.3, -0.25) is 4.79 Å². The van der Waals surface area contributed by atoms with Gasteiger partial charge in [0.15, 0.2) is 0 Å². The average Bonchev–Trinajstić information content (AvgIpc) is 3.23. The molecule has 1 aliphatic rings. The SMILES string of the molecule is CCOc1cc(N2CCOCC2)c(OCC)cc1NC(=O)/C=C/c1cc2ccccc2o1. The molecule has 2 aromatic carbocycles. The number of para-hydroxylation sites is 1. The van der Waals surface area contributed by atoms with E-state index in [9.17, 15) is 4.79 Å². The molecule has 0 radical (unpaired) electrons. The third-order valence-electron chi connectivity index (χ3n) is 5.11. The fraction of sp³-hybridized carbons (Fsp3) is 0.320. The molecular formula is C25H28N2O5. The van der Waals surface area contributed by atoms with Gasteiger partial charge in [-0.15, -0.1) is 0 Å². The van der Waals surface area contributed by atoms with Crippen LogP contribution in [-0.4, -0.2) is 45.4 Å². The maximum Gasteiger partial charge on any atom is 0.248 e.